The largest absolute Gasteiger partial charge is 0.319 e. The summed E-state index contributed by atoms with van der Waals surface area (Å²) in [7, 11) is -4.72. The Morgan fingerprint density at radius 2 is 0.380 bits per heavy atom. The van der Waals surface area contributed by atoms with Gasteiger partial charge in [0.15, 0.2) is 0 Å². The van der Waals surface area contributed by atoms with Gasteiger partial charge in [0.25, 0.3) is 0 Å². The first-order valence-electron chi connectivity index (χ1n) is 43.9. The molecule has 0 atom stereocenters. The van der Waals surface area contributed by atoms with Gasteiger partial charge in [-0.1, -0.05) is 359 Å². The zero-order chi connectivity index (χ0) is 87.9. The quantitative estimate of drug-likeness (QED) is 0.0905. The molecule has 3 aromatic heterocycles. The van der Waals surface area contributed by atoms with Crippen LogP contribution in [0.25, 0.3) is 194 Å². The SMILES string of the molecule is C=P(C)(C)c1cccc(-c2ccc3c(c2)c2ccc(-c4ccccc4)cc2n3-c2ccc(-c3ccccc3)cc2)c1.CP(C)(=O)c1cccc(-c2cccc(-c3ccc4c(c3)c3cc(-c5ccc(-c6ccccc6)cc5)ccc3n4-c3ccccc3)c2)c1.CP(C)(=O)c1cccc(-c2cccc(-n3c4cc(-c5ccccc5)ccc4c4ccc(-c5ccccc5)cc43)c2)c1. The smallest absolute Gasteiger partial charge is 0.109 e. The van der Waals surface area contributed by atoms with Crippen LogP contribution in [0.3, 0.4) is 0 Å². The van der Waals surface area contributed by atoms with Crippen LogP contribution in [0.5, 0.6) is 0 Å². The van der Waals surface area contributed by atoms with E-state index in [4.69, 9.17) is 0 Å². The highest BCUT2D eigenvalue weighted by Crippen LogP contribution is 2.45. The van der Waals surface area contributed by atoms with Crippen LogP contribution in [0.1, 0.15) is 0 Å². The molecule has 22 rings (SSSR count). The molecule has 0 aliphatic heterocycles. The summed E-state index contributed by atoms with van der Waals surface area (Å²) in [5, 5.41) is 10.6. The van der Waals surface area contributed by atoms with Crippen molar-refractivity contribution in [1.29, 1.82) is 0 Å². The molecule has 22 aromatic rings. The Morgan fingerprint density at radius 1 is 0.163 bits per heavy atom. The molecular weight excluding hydrogens is 1620 g/mol. The van der Waals surface area contributed by atoms with E-state index >= 15 is 0 Å². The molecule has 19 aromatic carbocycles. The van der Waals surface area contributed by atoms with E-state index in [-0.39, 0.29) is 0 Å². The molecule has 0 unspecified atom stereocenters. The number of fused-ring (bicyclic) bond motifs is 9. The third-order valence-corrected chi connectivity index (χ3v) is 29.7. The van der Waals surface area contributed by atoms with E-state index in [2.05, 4.69) is 470 Å². The van der Waals surface area contributed by atoms with Crippen molar-refractivity contribution in [1.82, 2.24) is 13.7 Å². The topological polar surface area (TPSA) is 48.9 Å². The molecule has 0 saturated carbocycles. The number of hydrogen-bond acceptors (Lipinski definition) is 2. The van der Waals surface area contributed by atoms with Gasteiger partial charge in [-0.25, -0.2) is 0 Å². The highest BCUT2D eigenvalue weighted by atomic mass is 31.2. The number of aromatic nitrogens is 3. The van der Waals surface area contributed by atoms with E-state index in [0.29, 0.717) is 0 Å². The van der Waals surface area contributed by atoms with Crippen molar-refractivity contribution in [2.45, 2.75) is 0 Å². The number of nitrogens with zero attached hydrogens (tertiary/aromatic N) is 3. The summed E-state index contributed by atoms with van der Waals surface area (Å²) >= 11 is 0. The van der Waals surface area contributed by atoms with Gasteiger partial charge in [-0.2, -0.15) is 0 Å². The molecule has 0 aliphatic carbocycles. The first-order valence-corrected chi connectivity index (χ1v) is 52.0. The maximum absolute atomic E-state index is 12.8. The van der Waals surface area contributed by atoms with Gasteiger partial charge in [-0.15, -0.1) is 0 Å². The Labute approximate surface area is 755 Å². The van der Waals surface area contributed by atoms with Gasteiger partial charge in [0.1, 0.15) is 14.3 Å². The summed E-state index contributed by atoms with van der Waals surface area (Å²) < 4.78 is 32.8. The monoisotopic (exact) mass is 1720 g/mol. The van der Waals surface area contributed by atoms with Crippen LogP contribution in [0, 0.1) is 0 Å². The van der Waals surface area contributed by atoms with Gasteiger partial charge in [-0.05, 0) is 272 Å². The predicted octanol–water partition coefficient (Wildman–Crippen LogP) is 31.9. The molecule has 0 N–H and O–H groups in total. The zero-order valence-electron chi connectivity index (χ0n) is 73.1. The second-order valence-corrected chi connectivity index (χ2v) is 45.2. The van der Waals surface area contributed by atoms with Crippen molar-refractivity contribution in [3.05, 3.63) is 461 Å². The Balaban J connectivity index is 0.000000122. The molecule has 0 radical (unpaired) electrons. The Morgan fingerprint density at radius 3 is 0.760 bits per heavy atom. The number of para-hydroxylation sites is 1. The molecule has 129 heavy (non-hydrogen) atoms. The standard InChI is InChI=1S/C44H34NOP.C39H32NP.C38H30NOP/c1-47(2,46)40-18-10-15-36(28-40)34-13-9-14-35(27-34)38-24-26-44-42(30-38)41-29-37(23-25-43(41)45(44)39-16-7-4-8-17-39)33-21-19-32(20-22-33)31-11-5-3-6-12-31;1-41(2,3)35-16-10-15-31(25-35)32-20-24-38-37(26-32)36-23-19-33(29-13-8-5-9-14-29)27-39(36)40(38)34-21-17-30(18-22-34)28-11-6-4-7-12-28;1-41(2,40)34-18-10-16-30(24-34)29-15-9-17-33(23-29)39-37-25-31(27-11-5-3-6-12-27)19-21-35(37)36-22-20-32(26-38(36)39)28-13-7-4-8-14-28/h3-30H,1-2H3;4-27H,1H2,2-3H3;3-26H,1-2H3. The van der Waals surface area contributed by atoms with Crippen LogP contribution in [0.2, 0.25) is 0 Å². The highest BCUT2D eigenvalue weighted by molar-refractivity contribution is 7.79. The number of rotatable bonds is 16. The second-order valence-electron chi connectivity index (χ2n) is 34.9. The first kappa shape index (κ1) is 82.6. The number of hydrogen-bond donors (Lipinski definition) is 0. The minimum atomic E-state index is -2.37. The minimum Gasteiger partial charge on any atom is -0.319 e. The lowest BCUT2D eigenvalue weighted by molar-refractivity contribution is 0.587. The lowest BCUT2D eigenvalue weighted by Gasteiger charge is -2.14. The van der Waals surface area contributed by atoms with E-state index in [9.17, 15) is 9.13 Å². The van der Waals surface area contributed by atoms with Gasteiger partial charge in [0, 0.05) is 60.0 Å². The molecule has 0 bridgehead atoms. The van der Waals surface area contributed by atoms with Gasteiger partial charge < -0.3 is 22.8 Å². The Kier molecular flexibility index (Phi) is 22.4. The van der Waals surface area contributed by atoms with E-state index < -0.39 is 21.2 Å². The molecule has 0 spiro atoms. The molecule has 0 amide bonds. The normalized spacial score (nSPS) is 11.7. The van der Waals surface area contributed by atoms with Crippen LogP contribution in [-0.4, -0.2) is 60.0 Å². The minimum absolute atomic E-state index is 0.900. The average molecular weight is 1720 g/mol. The zero-order valence-corrected chi connectivity index (χ0v) is 75.8. The molecule has 8 heteroatoms. The van der Waals surface area contributed by atoms with Gasteiger partial charge in [0.2, 0.25) is 0 Å². The van der Waals surface area contributed by atoms with E-state index in [1.807, 2.05) is 50.9 Å². The van der Waals surface area contributed by atoms with Crippen molar-refractivity contribution < 1.29 is 9.13 Å². The van der Waals surface area contributed by atoms with Crippen LogP contribution >= 0.6 is 21.2 Å². The van der Waals surface area contributed by atoms with Gasteiger partial charge >= 0.3 is 0 Å². The van der Waals surface area contributed by atoms with E-state index in [1.165, 1.54) is 149 Å². The predicted molar refractivity (Wildman–Crippen MR) is 560 cm³/mol. The lowest BCUT2D eigenvalue weighted by Crippen LogP contribution is -2.02. The van der Waals surface area contributed by atoms with E-state index in [0.717, 1.165) is 61.1 Å². The fraction of sp³-hybridized carbons (Fsp3) is 0.0496. The highest BCUT2D eigenvalue weighted by Gasteiger charge is 2.22. The average Bonchev–Trinajstić information content (AvgIpc) is 1.59. The molecule has 5 nitrogen and oxygen atoms in total. The molecule has 3 heterocycles. The summed E-state index contributed by atoms with van der Waals surface area (Å²) in [6.07, 6.45) is 4.47. The first-order chi connectivity index (χ1) is 62.8. The van der Waals surface area contributed by atoms with Crippen LogP contribution < -0.4 is 15.9 Å². The Bertz CT molecular complexity index is 8000. The summed E-state index contributed by atoms with van der Waals surface area (Å²) in [6, 6.07) is 165. The second kappa shape index (κ2) is 34.9. The summed E-state index contributed by atoms with van der Waals surface area (Å²) in [4.78, 5) is 0. The molecular formula is C121H96N3O2P3. The maximum atomic E-state index is 12.8. The number of benzene rings is 19. The maximum Gasteiger partial charge on any atom is 0.109 e. The summed E-state index contributed by atoms with van der Waals surface area (Å²) in [6.45, 7) is 10.5. The van der Waals surface area contributed by atoms with Crippen molar-refractivity contribution in [3.63, 3.8) is 0 Å². The van der Waals surface area contributed by atoms with Crippen LogP contribution in [0.4, 0.5) is 0 Å². The van der Waals surface area contributed by atoms with Crippen molar-refractivity contribution in [3.8, 4) is 128 Å². The fourth-order valence-electron chi connectivity index (χ4n) is 18.2. The van der Waals surface area contributed by atoms with Crippen molar-refractivity contribution >= 4 is 109 Å². The Hall–Kier alpha value is -14.7. The molecule has 0 saturated heterocycles. The summed E-state index contributed by atoms with van der Waals surface area (Å²) in [5.41, 5.74) is 34.2. The lowest BCUT2D eigenvalue weighted by atomic mass is 9.97. The summed E-state index contributed by atoms with van der Waals surface area (Å²) in [5.74, 6) is 0. The van der Waals surface area contributed by atoms with Gasteiger partial charge in [0.05, 0.1) is 33.1 Å². The molecule has 622 valence electrons. The van der Waals surface area contributed by atoms with Gasteiger partial charge in [-0.3, -0.25) is 0 Å². The van der Waals surface area contributed by atoms with Crippen LogP contribution in [-0.2, 0) is 9.13 Å². The fourth-order valence-corrected chi connectivity index (χ4v) is 20.9. The molecule has 0 fully saturated rings. The van der Waals surface area contributed by atoms with Crippen molar-refractivity contribution in [2.24, 2.45) is 0 Å². The third-order valence-electron chi connectivity index (χ3n) is 25.0. The third kappa shape index (κ3) is 17.0. The van der Waals surface area contributed by atoms with Crippen LogP contribution in [0.15, 0.2) is 461 Å². The molecule has 0 aliphatic rings. The van der Waals surface area contributed by atoms with Crippen molar-refractivity contribution in [2.75, 3.05) is 40.0 Å². The van der Waals surface area contributed by atoms with E-state index in [1.54, 1.807) is 0 Å².